The number of carbonyl (C=O) groups is 2. The van der Waals surface area contributed by atoms with Crippen molar-refractivity contribution in [2.24, 2.45) is 0 Å². The van der Waals surface area contributed by atoms with Crippen molar-refractivity contribution in [2.45, 2.75) is 39.5 Å². The molecule has 1 rings (SSSR count). The van der Waals surface area contributed by atoms with Crippen LogP contribution in [-0.2, 0) is 9.59 Å². The third kappa shape index (κ3) is 6.43. The molecule has 0 N–H and O–H groups in total. The quantitative estimate of drug-likeness (QED) is 0.687. The first-order valence-corrected chi connectivity index (χ1v) is 6.09. The summed E-state index contributed by atoms with van der Waals surface area (Å²) in [5.74, 6) is 0.313. The van der Waals surface area contributed by atoms with E-state index in [2.05, 4.69) is 0 Å². The Kier molecular flexibility index (Phi) is 8.58. The first-order valence-electron chi connectivity index (χ1n) is 6.09. The molecule has 1 aliphatic rings. The van der Waals surface area contributed by atoms with E-state index in [1.807, 2.05) is 25.8 Å². The van der Waals surface area contributed by atoms with Crippen molar-refractivity contribution in [3.63, 3.8) is 0 Å². The molecule has 4 nitrogen and oxygen atoms in total. The molecule has 0 bridgehead atoms. The summed E-state index contributed by atoms with van der Waals surface area (Å²) in [6.07, 6.45) is 5.11. The minimum absolute atomic E-state index is 0.313. The van der Waals surface area contributed by atoms with Gasteiger partial charge < -0.3 is 9.80 Å². The highest BCUT2D eigenvalue weighted by Gasteiger charge is 2.10. The maximum Gasteiger partial charge on any atom is 0.222 e. The molecule has 1 saturated heterocycles. The van der Waals surface area contributed by atoms with E-state index in [0.717, 1.165) is 38.9 Å². The van der Waals surface area contributed by atoms with Crippen molar-refractivity contribution in [1.29, 1.82) is 0 Å². The predicted molar refractivity (Wildman–Crippen MR) is 65.1 cm³/mol. The lowest BCUT2D eigenvalue weighted by Crippen LogP contribution is -2.25. The molecule has 1 aliphatic heterocycles. The SMILES string of the molecule is CCN(C=O)CC.CN1CCCCCC1=O. The Hall–Kier alpha value is -1.06. The maximum atomic E-state index is 10.9. The predicted octanol–water partition coefficient (Wildman–Crippen LogP) is 1.50. The molecular formula is C12H24N2O2. The summed E-state index contributed by atoms with van der Waals surface area (Å²) in [6, 6.07) is 0. The molecule has 0 atom stereocenters. The Morgan fingerprint density at radius 2 is 1.88 bits per heavy atom. The molecule has 0 saturated carbocycles. The summed E-state index contributed by atoms with van der Waals surface area (Å²) >= 11 is 0. The molecule has 0 unspecified atom stereocenters. The highest BCUT2D eigenvalue weighted by atomic mass is 16.2. The Morgan fingerprint density at radius 1 is 1.25 bits per heavy atom. The van der Waals surface area contributed by atoms with E-state index in [9.17, 15) is 9.59 Å². The van der Waals surface area contributed by atoms with Crippen molar-refractivity contribution in [1.82, 2.24) is 9.80 Å². The van der Waals surface area contributed by atoms with Crippen LogP contribution >= 0.6 is 0 Å². The van der Waals surface area contributed by atoms with Gasteiger partial charge in [0.1, 0.15) is 0 Å². The van der Waals surface area contributed by atoms with Crippen molar-refractivity contribution in [3.8, 4) is 0 Å². The number of rotatable bonds is 3. The molecule has 0 aromatic rings. The maximum absolute atomic E-state index is 10.9. The van der Waals surface area contributed by atoms with Crippen LogP contribution in [0.2, 0.25) is 0 Å². The lowest BCUT2D eigenvalue weighted by molar-refractivity contribution is -0.129. The topological polar surface area (TPSA) is 40.6 Å². The van der Waals surface area contributed by atoms with Gasteiger partial charge in [0.15, 0.2) is 0 Å². The second-order valence-electron chi connectivity index (χ2n) is 3.95. The van der Waals surface area contributed by atoms with Gasteiger partial charge in [0, 0.05) is 33.1 Å². The summed E-state index contributed by atoms with van der Waals surface area (Å²) in [6.45, 7) is 6.51. The fraction of sp³-hybridized carbons (Fsp3) is 0.833. The van der Waals surface area contributed by atoms with Crippen LogP contribution in [0.4, 0.5) is 0 Å². The molecule has 1 heterocycles. The number of hydrogen-bond donors (Lipinski definition) is 0. The number of likely N-dealkylation sites (tertiary alicyclic amines) is 1. The van der Waals surface area contributed by atoms with Gasteiger partial charge >= 0.3 is 0 Å². The first kappa shape index (κ1) is 14.9. The van der Waals surface area contributed by atoms with E-state index in [4.69, 9.17) is 0 Å². The molecule has 94 valence electrons. The Balaban J connectivity index is 0.000000293. The van der Waals surface area contributed by atoms with Crippen molar-refractivity contribution < 1.29 is 9.59 Å². The van der Waals surface area contributed by atoms with Crippen LogP contribution in [0.25, 0.3) is 0 Å². The number of nitrogens with zero attached hydrogens (tertiary/aromatic N) is 2. The second-order valence-corrected chi connectivity index (χ2v) is 3.95. The van der Waals surface area contributed by atoms with E-state index in [-0.39, 0.29) is 0 Å². The number of amides is 2. The third-order valence-corrected chi connectivity index (χ3v) is 2.77. The monoisotopic (exact) mass is 228 g/mol. The summed E-state index contributed by atoms with van der Waals surface area (Å²) < 4.78 is 0. The van der Waals surface area contributed by atoms with E-state index in [1.165, 1.54) is 12.8 Å². The van der Waals surface area contributed by atoms with Gasteiger partial charge in [-0.25, -0.2) is 0 Å². The standard InChI is InChI=1S/C7H13NO.C5H11NO/c1-8-6-4-2-3-5-7(8)9;1-3-6(4-2)5-7/h2-6H2,1H3;5H,3-4H2,1-2H3. The Bertz CT molecular complexity index is 203. The lowest BCUT2D eigenvalue weighted by Gasteiger charge is -2.11. The van der Waals surface area contributed by atoms with Crippen LogP contribution in [0.1, 0.15) is 39.5 Å². The highest BCUT2D eigenvalue weighted by Crippen LogP contribution is 2.08. The van der Waals surface area contributed by atoms with Crippen LogP contribution in [-0.4, -0.2) is 48.8 Å². The third-order valence-electron chi connectivity index (χ3n) is 2.77. The lowest BCUT2D eigenvalue weighted by atomic mass is 10.2. The highest BCUT2D eigenvalue weighted by molar-refractivity contribution is 5.75. The van der Waals surface area contributed by atoms with Gasteiger partial charge in [-0.3, -0.25) is 9.59 Å². The van der Waals surface area contributed by atoms with E-state index < -0.39 is 0 Å². The van der Waals surface area contributed by atoms with Gasteiger partial charge in [-0.05, 0) is 26.7 Å². The molecule has 16 heavy (non-hydrogen) atoms. The molecule has 0 aliphatic carbocycles. The van der Waals surface area contributed by atoms with Gasteiger partial charge in [-0.1, -0.05) is 6.42 Å². The van der Waals surface area contributed by atoms with Crippen molar-refractivity contribution in [2.75, 3.05) is 26.7 Å². The zero-order chi connectivity index (χ0) is 12.4. The fourth-order valence-electron chi connectivity index (χ4n) is 1.49. The van der Waals surface area contributed by atoms with Crippen molar-refractivity contribution in [3.05, 3.63) is 0 Å². The van der Waals surface area contributed by atoms with Crippen LogP contribution in [0.3, 0.4) is 0 Å². The molecule has 0 spiro atoms. The Labute approximate surface area is 98.6 Å². The Morgan fingerprint density at radius 3 is 2.31 bits per heavy atom. The summed E-state index contributed by atoms with van der Waals surface area (Å²) in [5, 5.41) is 0. The van der Waals surface area contributed by atoms with Crippen LogP contribution in [0.15, 0.2) is 0 Å². The zero-order valence-corrected chi connectivity index (χ0v) is 10.7. The fourth-order valence-corrected chi connectivity index (χ4v) is 1.49. The molecule has 1 fully saturated rings. The van der Waals surface area contributed by atoms with Gasteiger partial charge in [-0.2, -0.15) is 0 Å². The minimum Gasteiger partial charge on any atom is -0.346 e. The first-order chi connectivity index (χ1) is 7.65. The largest absolute Gasteiger partial charge is 0.346 e. The molecule has 4 heteroatoms. The minimum atomic E-state index is 0.313. The van der Waals surface area contributed by atoms with Crippen molar-refractivity contribution >= 4 is 12.3 Å². The average Bonchev–Trinajstić information content (AvgIpc) is 2.48. The summed E-state index contributed by atoms with van der Waals surface area (Å²) in [4.78, 5) is 24.4. The molecule has 2 amide bonds. The average molecular weight is 228 g/mol. The van der Waals surface area contributed by atoms with Gasteiger partial charge in [0.05, 0.1) is 0 Å². The van der Waals surface area contributed by atoms with Crippen LogP contribution < -0.4 is 0 Å². The second kappa shape index (κ2) is 9.19. The molecule has 0 radical (unpaired) electrons. The van der Waals surface area contributed by atoms with Gasteiger partial charge in [-0.15, -0.1) is 0 Å². The number of carbonyl (C=O) groups excluding carboxylic acids is 2. The van der Waals surface area contributed by atoms with Crippen LogP contribution in [0, 0.1) is 0 Å². The van der Waals surface area contributed by atoms with E-state index in [1.54, 1.807) is 4.90 Å². The molecule has 0 aromatic heterocycles. The summed E-state index contributed by atoms with van der Waals surface area (Å²) in [7, 11) is 1.88. The van der Waals surface area contributed by atoms with E-state index in [0.29, 0.717) is 5.91 Å². The van der Waals surface area contributed by atoms with E-state index >= 15 is 0 Å². The smallest absolute Gasteiger partial charge is 0.222 e. The normalized spacial score (nSPS) is 15.9. The van der Waals surface area contributed by atoms with Gasteiger partial charge in [0.2, 0.25) is 12.3 Å². The molecule has 0 aromatic carbocycles. The number of hydrogen-bond acceptors (Lipinski definition) is 2. The van der Waals surface area contributed by atoms with Gasteiger partial charge in [0.25, 0.3) is 0 Å². The zero-order valence-electron chi connectivity index (χ0n) is 10.7. The summed E-state index contributed by atoms with van der Waals surface area (Å²) in [5.41, 5.74) is 0. The van der Waals surface area contributed by atoms with Crippen LogP contribution in [0.5, 0.6) is 0 Å². The molecular weight excluding hydrogens is 204 g/mol.